The molecule has 0 aliphatic heterocycles. The van der Waals surface area contributed by atoms with Gasteiger partial charge in [0.1, 0.15) is 6.10 Å². The van der Waals surface area contributed by atoms with Gasteiger partial charge in [0.05, 0.1) is 12.7 Å². The molecule has 2 heteroatoms. The van der Waals surface area contributed by atoms with Gasteiger partial charge in [0.25, 0.3) is 0 Å². The van der Waals surface area contributed by atoms with Crippen LogP contribution in [-0.2, 0) is 4.74 Å². The van der Waals surface area contributed by atoms with Crippen molar-refractivity contribution in [3.8, 4) is 0 Å². The molecule has 0 heterocycles. The van der Waals surface area contributed by atoms with E-state index in [1.54, 1.807) is 0 Å². The Morgan fingerprint density at radius 3 is 2.38 bits per heavy atom. The number of aliphatic hydroxyl groups excluding tert-OH is 1. The lowest BCUT2D eigenvalue weighted by Gasteiger charge is -2.13. The van der Waals surface area contributed by atoms with Crippen LogP contribution < -0.4 is 0 Å². The van der Waals surface area contributed by atoms with Crippen LogP contribution in [0.4, 0.5) is 0 Å². The van der Waals surface area contributed by atoms with Crippen LogP contribution in [0.3, 0.4) is 0 Å². The Bertz CT molecular complexity index is 231. The van der Waals surface area contributed by atoms with Crippen molar-refractivity contribution in [2.45, 2.75) is 26.1 Å². The summed E-state index contributed by atoms with van der Waals surface area (Å²) in [6, 6.07) is 9.55. The van der Waals surface area contributed by atoms with Gasteiger partial charge in [-0.3, -0.25) is 0 Å². The monoisotopic (exact) mass is 180 g/mol. The van der Waals surface area contributed by atoms with Crippen LogP contribution in [-0.4, -0.2) is 17.8 Å². The lowest BCUT2D eigenvalue weighted by Crippen LogP contribution is -2.11. The molecular weight excluding hydrogens is 164 g/mol. The summed E-state index contributed by atoms with van der Waals surface area (Å²) in [7, 11) is 0. The summed E-state index contributed by atoms with van der Waals surface area (Å²) in [5.41, 5.74) is 0.906. The third-order valence-corrected chi connectivity index (χ3v) is 1.77. The first-order valence-electron chi connectivity index (χ1n) is 4.54. The first kappa shape index (κ1) is 10.2. The molecule has 0 amide bonds. The maximum Gasteiger partial charge on any atom is 0.102 e. The summed E-state index contributed by atoms with van der Waals surface area (Å²) in [5.74, 6) is 0. The third kappa shape index (κ3) is 3.57. The SMILES string of the molecule is CC(C)OC[C@H](O)c1ccccc1. The number of ether oxygens (including phenoxy) is 1. The van der Waals surface area contributed by atoms with E-state index in [2.05, 4.69) is 0 Å². The molecule has 0 aromatic heterocycles. The van der Waals surface area contributed by atoms with E-state index in [1.807, 2.05) is 44.2 Å². The van der Waals surface area contributed by atoms with Gasteiger partial charge < -0.3 is 9.84 Å². The molecule has 0 fully saturated rings. The normalized spacial score (nSPS) is 13.2. The summed E-state index contributed by atoms with van der Waals surface area (Å²) in [5, 5.41) is 9.64. The quantitative estimate of drug-likeness (QED) is 0.769. The maximum absolute atomic E-state index is 9.64. The summed E-state index contributed by atoms with van der Waals surface area (Å²) in [4.78, 5) is 0. The average Bonchev–Trinajstić information content (AvgIpc) is 2.15. The van der Waals surface area contributed by atoms with Crippen molar-refractivity contribution < 1.29 is 9.84 Å². The van der Waals surface area contributed by atoms with Gasteiger partial charge in [-0.15, -0.1) is 0 Å². The molecule has 0 aliphatic carbocycles. The zero-order valence-corrected chi connectivity index (χ0v) is 8.10. The summed E-state index contributed by atoms with van der Waals surface area (Å²) >= 11 is 0. The fourth-order valence-corrected chi connectivity index (χ4v) is 1.06. The van der Waals surface area contributed by atoms with Crippen LogP contribution >= 0.6 is 0 Å². The molecule has 0 spiro atoms. The molecule has 1 N–H and O–H groups in total. The van der Waals surface area contributed by atoms with Crippen LogP contribution in [0.15, 0.2) is 30.3 Å². The highest BCUT2D eigenvalue weighted by atomic mass is 16.5. The molecule has 0 saturated heterocycles. The molecular formula is C11H16O2. The lowest BCUT2D eigenvalue weighted by molar-refractivity contribution is 0.00493. The van der Waals surface area contributed by atoms with Crippen LogP contribution in [0.2, 0.25) is 0 Å². The fraction of sp³-hybridized carbons (Fsp3) is 0.455. The predicted octanol–water partition coefficient (Wildman–Crippen LogP) is 2.15. The third-order valence-electron chi connectivity index (χ3n) is 1.77. The molecule has 1 aromatic rings. The number of rotatable bonds is 4. The van der Waals surface area contributed by atoms with E-state index in [4.69, 9.17) is 4.74 Å². The van der Waals surface area contributed by atoms with E-state index in [-0.39, 0.29) is 6.10 Å². The molecule has 0 saturated carbocycles. The van der Waals surface area contributed by atoms with Crippen molar-refractivity contribution in [2.24, 2.45) is 0 Å². The van der Waals surface area contributed by atoms with E-state index in [0.717, 1.165) is 5.56 Å². The molecule has 72 valence electrons. The van der Waals surface area contributed by atoms with E-state index in [1.165, 1.54) is 0 Å². The molecule has 0 radical (unpaired) electrons. The fourth-order valence-electron chi connectivity index (χ4n) is 1.06. The maximum atomic E-state index is 9.64. The topological polar surface area (TPSA) is 29.5 Å². The second-order valence-corrected chi connectivity index (χ2v) is 3.31. The number of aliphatic hydroxyl groups is 1. The van der Waals surface area contributed by atoms with E-state index < -0.39 is 6.10 Å². The Labute approximate surface area is 79.2 Å². The smallest absolute Gasteiger partial charge is 0.102 e. The number of benzene rings is 1. The van der Waals surface area contributed by atoms with Crippen LogP contribution in [0.25, 0.3) is 0 Å². The van der Waals surface area contributed by atoms with Gasteiger partial charge in [0.2, 0.25) is 0 Å². The van der Waals surface area contributed by atoms with E-state index in [0.29, 0.717) is 6.61 Å². The summed E-state index contributed by atoms with van der Waals surface area (Å²) in [6.45, 7) is 4.27. The van der Waals surface area contributed by atoms with Gasteiger partial charge in [-0.2, -0.15) is 0 Å². The minimum atomic E-state index is -0.511. The van der Waals surface area contributed by atoms with Crippen LogP contribution in [0.5, 0.6) is 0 Å². The number of hydrogen-bond acceptors (Lipinski definition) is 2. The standard InChI is InChI=1S/C11H16O2/c1-9(2)13-8-11(12)10-6-4-3-5-7-10/h3-7,9,11-12H,8H2,1-2H3/t11-/m0/s1. The first-order chi connectivity index (χ1) is 6.20. The number of hydrogen-bond donors (Lipinski definition) is 1. The van der Waals surface area contributed by atoms with Crippen LogP contribution in [0.1, 0.15) is 25.5 Å². The highest BCUT2D eigenvalue weighted by molar-refractivity contribution is 5.17. The Morgan fingerprint density at radius 2 is 1.85 bits per heavy atom. The molecule has 0 aliphatic rings. The highest BCUT2D eigenvalue weighted by Crippen LogP contribution is 2.12. The van der Waals surface area contributed by atoms with Crippen molar-refractivity contribution in [1.29, 1.82) is 0 Å². The van der Waals surface area contributed by atoms with Gasteiger partial charge in [-0.05, 0) is 19.4 Å². The zero-order valence-electron chi connectivity index (χ0n) is 8.10. The second kappa shape index (κ2) is 5.00. The van der Waals surface area contributed by atoms with Gasteiger partial charge in [-0.25, -0.2) is 0 Å². The van der Waals surface area contributed by atoms with Crippen LogP contribution in [0, 0.1) is 0 Å². The Balaban J connectivity index is 2.44. The Hall–Kier alpha value is -0.860. The first-order valence-corrected chi connectivity index (χ1v) is 4.54. The van der Waals surface area contributed by atoms with Crippen molar-refractivity contribution >= 4 is 0 Å². The second-order valence-electron chi connectivity index (χ2n) is 3.31. The summed E-state index contributed by atoms with van der Waals surface area (Å²) < 4.78 is 5.31. The minimum Gasteiger partial charge on any atom is -0.386 e. The molecule has 0 bridgehead atoms. The van der Waals surface area contributed by atoms with E-state index >= 15 is 0 Å². The van der Waals surface area contributed by atoms with Crippen molar-refractivity contribution in [2.75, 3.05) is 6.61 Å². The molecule has 0 unspecified atom stereocenters. The van der Waals surface area contributed by atoms with Gasteiger partial charge >= 0.3 is 0 Å². The molecule has 13 heavy (non-hydrogen) atoms. The zero-order chi connectivity index (χ0) is 9.68. The Morgan fingerprint density at radius 1 is 1.23 bits per heavy atom. The van der Waals surface area contributed by atoms with Crippen molar-refractivity contribution in [3.63, 3.8) is 0 Å². The summed E-state index contributed by atoms with van der Waals surface area (Å²) in [6.07, 6.45) is -0.345. The van der Waals surface area contributed by atoms with Gasteiger partial charge in [-0.1, -0.05) is 30.3 Å². The van der Waals surface area contributed by atoms with Gasteiger partial charge in [0, 0.05) is 0 Å². The Kier molecular flexibility index (Phi) is 3.93. The molecule has 2 nitrogen and oxygen atoms in total. The molecule has 1 rings (SSSR count). The minimum absolute atomic E-state index is 0.165. The van der Waals surface area contributed by atoms with Crippen molar-refractivity contribution in [1.82, 2.24) is 0 Å². The molecule has 1 atom stereocenters. The van der Waals surface area contributed by atoms with Gasteiger partial charge in [0.15, 0.2) is 0 Å². The average molecular weight is 180 g/mol. The largest absolute Gasteiger partial charge is 0.386 e. The molecule has 1 aromatic carbocycles. The van der Waals surface area contributed by atoms with E-state index in [9.17, 15) is 5.11 Å². The highest BCUT2D eigenvalue weighted by Gasteiger charge is 2.07. The lowest BCUT2D eigenvalue weighted by atomic mass is 10.1. The van der Waals surface area contributed by atoms with Crippen molar-refractivity contribution in [3.05, 3.63) is 35.9 Å². The predicted molar refractivity (Wildman–Crippen MR) is 52.5 cm³/mol.